The molecule has 1 amide bonds. The van der Waals surface area contributed by atoms with Crippen molar-refractivity contribution in [1.82, 2.24) is 10.6 Å². The molecular formula is C14H18N2OS2. The fourth-order valence-electron chi connectivity index (χ4n) is 1.74. The predicted octanol–water partition coefficient (Wildman–Crippen LogP) is 3.09. The van der Waals surface area contributed by atoms with Crippen LogP contribution in [0.3, 0.4) is 0 Å². The first-order chi connectivity index (χ1) is 9.29. The average molecular weight is 294 g/mol. The molecule has 0 bridgehead atoms. The third kappa shape index (κ3) is 4.45. The van der Waals surface area contributed by atoms with Crippen molar-refractivity contribution in [2.45, 2.75) is 19.9 Å². The number of amides is 1. The molecule has 2 aromatic rings. The maximum Gasteiger partial charge on any atom is 0.221 e. The van der Waals surface area contributed by atoms with Gasteiger partial charge in [-0.25, -0.2) is 0 Å². The summed E-state index contributed by atoms with van der Waals surface area (Å²) in [5.41, 5.74) is 1.29. The van der Waals surface area contributed by atoms with Gasteiger partial charge in [-0.15, -0.1) is 22.7 Å². The smallest absolute Gasteiger partial charge is 0.221 e. The Hall–Kier alpha value is -1.17. The van der Waals surface area contributed by atoms with Gasteiger partial charge in [-0.2, -0.15) is 0 Å². The molecule has 2 aromatic heterocycles. The predicted molar refractivity (Wildman–Crippen MR) is 82.6 cm³/mol. The van der Waals surface area contributed by atoms with E-state index < -0.39 is 0 Å². The van der Waals surface area contributed by atoms with Gasteiger partial charge in [-0.3, -0.25) is 4.79 Å². The molecule has 0 radical (unpaired) electrons. The quantitative estimate of drug-likeness (QED) is 0.771. The lowest BCUT2D eigenvalue weighted by Crippen LogP contribution is -2.27. The van der Waals surface area contributed by atoms with Gasteiger partial charge in [0.2, 0.25) is 5.91 Å². The molecule has 2 heterocycles. The zero-order valence-corrected chi connectivity index (χ0v) is 12.6. The highest BCUT2D eigenvalue weighted by Gasteiger charge is 2.03. The normalized spacial score (nSPS) is 10.6. The van der Waals surface area contributed by atoms with Crippen molar-refractivity contribution < 1.29 is 4.79 Å². The molecule has 0 atom stereocenters. The average Bonchev–Trinajstić information content (AvgIpc) is 3.05. The van der Waals surface area contributed by atoms with Crippen molar-refractivity contribution in [2.24, 2.45) is 0 Å². The molecule has 0 aliphatic carbocycles. The van der Waals surface area contributed by atoms with Crippen LogP contribution in [0.4, 0.5) is 0 Å². The maximum absolute atomic E-state index is 11.3. The summed E-state index contributed by atoms with van der Waals surface area (Å²) in [6.45, 7) is 4.19. The van der Waals surface area contributed by atoms with Crippen LogP contribution in [-0.2, 0) is 11.3 Å². The summed E-state index contributed by atoms with van der Waals surface area (Å²) >= 11 is 3.52. The summed E-state index contributed by atoms with van der Waals surface area (Å²) < 4.78 is 0. The fourth-order valence-corrected chi connectivity index (χ4v) is 3.39. The minimum absolute atomic E-state index is 0.112. The lowest BCUT2D eigenvalue weighted by atomic mass is 10.2. The van der Waals surface area contributed by atoms with E-state index >= 15 is 0 Å². The molecule has 5 heteroatoms. The zero-order chi connectivity index (χ0) is 13.5. The molecule has 0 aliphatic rings. The Morgan fingerprint density at radius 3 is 3.00 bits per heavy atom. The monoisotopic (exact) mass is 294 g/mol. The van der Waals surface area contributed by atoms with E-state index in [1.165, 1.54) is 15.3 Å². The molecule has 102 valence electrons. The van der Waals surface area contributed by atoms with Crippen LogP contribution >= 0.6 is 22.7 Å². The number of hydrogen-bond acceptors (Lipinski definition) is 4. The van der Waals surface area contributed by atoms with Crippen LogP contribution in [0.25, 0.3) is 10.4 Å². The Bertz CT molecular complexity index is 505. The number of carbonyl (C=O) groups excluding carboxylic acids is 1. The van der Waals surface area contributed by atoms with Crippen molar-refractivity contribution in [2.75, 3.05) is 13.1 Å². The van der Waals surface area contributed by atoms with Crippen LogP contribution in [0.2, 0.25) is 0 Å². The van der Waals surface area contributed by atoms with Gasteiger partial charge in [0.05, 0.1) is 0 Å². The van der Waals surface area contributed by atoms with E-state index in [-0.39, 0.29) is 5.91 Å². The highest BCUT2D eigenvalue weighted by atomic mass is 32.1. The van der Waals surface area contributed by atoms with E-state index in [1.54, 1.807) is 22.7 Å². The molecule has 2 N–H and O–H groups in total. The van der Waals surface area contributed by atoms with Crippen LogP contribution in [0, 0.1) is 0 Å². The van der Waals surface area contributed by atoms with Crippen molar-refractivity contribution in [3.8, 4) is 10.4 Å². The van der Waals surface area contributed by atoms with E-state index in [1.807, 2.05) is 6.92 Å². The molecule has 2 rings (SSSR count). The third-order valence-electron chi connectivity index (χ3n) is 2.66. The molecule has 0 saturated carbocycles. The first kappa shape index (κ1) is 14.2. The van der Waals surface area contributed by atoms with Crippen LogP contribution in [0.15, 0.2) is 29.0 Å². The molecule has 0 unspecified atom stereocenters. The van der Waals surface area contributed by atoms with Crippen molar-refractivity contribution in [3.05, 3.63) is 33.8 Å². The highest BCUT2D eigenvalue weighted by molar-refractivity contribution is 7.14. The Morgan fingerprint density at radius 1 is 1.37 bits per heavy atom. The molecule has 0 spiro atoms. The van der Waals surface area contributed by atoms with E-state index in [2.05, 4.69) is 39.6 Å². The van der Waals surface area contributed by atoms with E-state index in [9.17, 15) is 4.79 Å². The number of nitrogens with one attached hydrogen (secondary N) is 2. The summed E-state index contributed by atoms with van der Waals surface area (Å²) in [6.07, 6.45) is 0.539. The first-order valence-electron chi connectivity index (χ1n) is 6.38. The Morgan fingerprint density at radius 2 is 2.26 bits per heavy atom. The van der Waals surface area contributed by atoms with Crippen LogP contribution in [0.1, 0.15) is 18.2 Å². The number of rotatable bonds is 7. The Balaban J connectivity index is 1.74. The lowest BCUT2D eigenvalue weighted by molar-refractivity contribution is -0.120. The molecule has 0 fully saturated rings. The summed E-state index contributed by atoms with van der Waals surface area (Å²) in [4.78, 5) is 13.9. The lowest BCUT2D eigenvalue weighted by Gasteiger charge is -2.03. The van der Waals surface area contributed by atoms with Crippen LogP contribution < -0.4 is 10.6 Å². The largest absolute Gasteiger partial charge is 0.356 e. The number of hydrogen-bond donors (Lipinski definition) is 2. The van der Waals surface area contributed by atoms with Gasteiger partial charge >= 0.3 is 0 Å². The van der Waals surface area contributed by atoms with Gasteiger partial charge in [0, 0.05) is 41.4 Å². The molecule has 19 heavy (non-hydrogen) atoms. The van der Waals surface area contributed by atoms with Gasteiger partial charge in [-0.05, 0) is 29.8 Å². The summed E-state index contributed by atoms with van der Waals surface area (Å²) in [6, 6.07) is 6.43. The molecule has 0 aliphatic heterocycles. The van der Waals surface area contributed by atoms with Crippen molar-refractivity contribution in [3.63, 3.8) is 0 Å². The number of thiophene rings is 2. The van der Waals surface area contributed by atoms with Gasteiger partial charge in [0.1, 0.15) is 0 Å². The third-order valence-corrected chi connectivity index (χ3v) is 4.52. The maximum atomic E-state index is 11.3. The number of carbonyl (C=O) groups is 1. The summed E-state index contributed by atoms with van der Waals surface area (Å²) in [7, 11) is 0. The minimum Gasteiger partial charge on any atom is -0.356 e. The fraction of sp³-hybridized carbons (Fsp3) is 0.357. The van der Waals surface area contributed by atoms with Gasteiger partial charge in [-0.1, -0.05) is 6.07 Å². The van der Waals surface area contributed by atoms with Crippen LogP contribution in [-0.4, -0.2) is 19.0 Å². The molecule has 3 nitrogen and oxygen atoms in total. The molecule has 0 aromatic carbocycles. The van der Waals surface area contributed by atoms with Crippen LogP contribution in [0.5, 0.6) is 0 Å². The Labute approximate surface area is 121 Å². The minimum atomic E-state index is 0.112. The van der Waals surface area contributed by atoms with Crippen molar-refractivity contribution >= 4 is 28.6 Å². The van der Waals surface area contributed by atoms with E-state index in [0.717, 1.165) is 13.1 Å². The SMILES string of the molecule is CCNC(=O)CCNCc1cc(-c2cccs2)cs1. The van der Waals surface area contributed by atoms with E-state index in [4.69, 9.17) is 0 Å². The molecular weight excluding hydrogens is 276 g/mol. The highest BCUT2D eigenvalue weighted by Crippen LogP contribution is 2.29. The summed E-state index contributed by atoms with van der Waals surface area (Å²) in [5.74, 6) is 0.112. The standard InChI is InChI=1S/C14H18N2OS2/c1-2-16-14(17)5-6-15-9-12-8-11(10-19-12)13-4-3-7-18-13/h3-4,7-8,10,15H,2,5-6,9H2,1H3,(H,16,17). The van der Waals surface area contributed by atoms with Gasteiger partial charge in [0.25, 0.3) is 0 Å². The first-order valence-corrected chi connectivity index (χ1v) is 8.14. The van der Waals surface area contributed by atoms with Gasteiger partial charge < -0.3 is 10.6 Å². The molecule has 0 saturated heterocycles. The second kappa shape index (κ2) is 7.43. The topological polar surface area (TPSA) is 41.1 Å². The second-order valence-corrected chi connectivity index (χ2v) is 6.10. The van der Waals surface area contributed by atoms with Gasteiger partial charge in [0.15, 0.2) is 0 Å². The van der Waals surface area contributed by atoms with Crippen molar-refractivity contribution in [1.29, 1.82) is 0 Å². The van der Waals surface area contributed by atoms with E-state index in [0.29, 0.717) is 13.0 Å². The summed E-state index contributed by atoms with van der Waals surface area (Å²) in [5, 5.41) is 10.4. The zero-order valence-electron chi connectivity index (χ0n) is 10.9. The second-order valence-electron chi connectivity index (χ2n) is 4.16. The Kier molecular flexibility index (Phi) is 5.57.